The Labute approximate surface area is 187 Å². The van der Waals surface area contributed by atoms with Crippen molar-refractivity contribution in [3.63, 3.8) is 0 Å². The first-order chi connectivity index (χ1) is 14.9. The zero-order valence-corrected chi connectivity index (χ0v) is 19.0. The van der Waals surface area contributed by atoms with Gasteiger partial charge in [0.1, 0.15) is 11.5 Å². The second-order valence-electron chi connectivity index (χ2n) is 7.36. The van der Waals surface area contributed by atoms with Crippen LogP contribution in [-0.2, 0) is 16.6 Å². The summed E-state index contributed by atoms with van der Waals surface area (Å²) in [5.41, 5.74) is 1.81. The van der Waals surface area contributed by atoms with E-state index in [0.717, 1.165) is 17.0 Å². The predicted molar refractivity (Wildman–Crippen MR) is 119 cm³/mol. The number of aromatic nitrogens is 1. The number of nitrogens with zero attached hydrogens (tertiary/aromatic N) is 3. The molecule has 0 unspecified atom stereocenters. The van der Waals surface area contributed by atoms with Crippen LogP contribution >= 0.6 is 11.6 Å². The lowest BCUT2D eigenvalue weighted by molar-refractivity contribution is 0.179. The maximum absolute atomic E-state index is 13.0. The summed E-state index contributed by atoms with van der Waals surface area (Å²) >= 11 is 6.12. The van der Waals surface area contributed by atoms with Crippen molar-refractivity contribution in [2.45, 2.75) is 18.4 Å². The van der Waals surface area contributed by atoms with Gasteiger partial charge in [-0.3, -0.25) is 4.90 Å². The summed E-state index contributed by atoms with van der Waals surface area (Å²) in [6.07, 6.45) is 0. The number of hydrogen-bond acceptors (Lipinski definition) is 6. The molecule has 0 saturated carbocycles. The third-order valence-corrected chi connectivity index (χ3v) is 7.57. The van der Waals surface area contributed by atoms with Crippen LogP contribution in [0.5, 0.6) is 5.75 Å². The zero-order chi connectivity index (χ0) is 22.0. The smallest absolute Gasteiger partial charge is 0.243 e. The van der Waals surface area contributed by atoms with Gasteiger partial charge in [-0.2, -0.15) is 4.31 Å². The Bertz CT molecular complexity index is 1160. The fourth-order valence-electron chi connectivity index (χ4n) is 3.58. The van der Waals surface area contributed by atoms with Crippen molar-refractivity contribution in [1.29, 1.82) is 0 Å². The van der Waals surface area contributed by atoms with E-state index in [1.807, 2.05) is 37.3 Å². The average Bonchev–Trinajstić information content (AvgIpc) is 3.15. The highest BCUT2D eigenvalue weighted by Gasteiger charge is 2.29. The number of piperazine rings is 1. The van der Waals surface area contributed by atoms with Gasteiger partial charge in [-0.05, 0) is 37.3 Å². The van der Waals surface area contributed by atoms with E-state index >= 15 is 0 Å². The van der Waals surface area contributed by atoms with E-state index in [1.165, 1.54) is 23.5 Å². The van der Waals surface area contributed by atoms with Crippen molar-refractivity contribution in [2.24, 2.45) is 0 Å². The molecule has 7 nitrogen and oxygen atoms in total. The van der Waals surface area contributed by atoms with Crippen molar-refractivity contribution in [3.05, 3.63) is 65.0 Å². The lowest BCUT2D eigenvalue weighted by Gasteiger charge is -2.33. The van der Waals surface area contributed by atoms with Gasteiger partial charge in [0.05, 0.1) is 22.7 Å². The SMILES string of the molecule is COc1ccc(S(=O)(=O)N2CCN(Cc3nc(-c4ccccc4)oc3C)CC2)cc1Cl. The van der Waals surface area contributed by atoms with Crippen molar-refractivity contribution in [1.82, 2.24) is 14.2 Å². The summed E-state index contributed by atoms with van der Waals surface area (Å²) in [5.74, 6) is 1.83. The Hall–Kier alpha value is -2.39. The molecule has 3 aromatic rings. The molecular weight excluding hydrogens is 438 g/mol. The van der Waals surface area contributed by atoms with E-state index in [9.17, 15) is 8.42 Å². The number of aryl methyl sites for hydroxylation is 1. The van der Waals surface area contributed by atoms with Gasteiger partial charge in [-0.25, -0.2) is 13.4 Å². The van der Waals surface area contributed by atoms with Crippen LogP contribution in [0.15, 0.2) is 57.8 Å². The number of sulfonamides is 1. The molecule has 0 bridgehead atoms. The molecule has 1 aromatic heterocycles. The monoisotopic (exact) mass is 461 g/mol. The molecule has 1 aliphatic rings. The first kappa shape index (κ1) is 21.8. The maximum atomic E-state index is 13.0. The topological polar surface area (TPSA) is 75.9 Å². The van der Waals surface area contributed by atoms with Crippen molar-refractivity contribution >= 4 is 21.6 Å². The Balaban J connectivity index is 1.41. The summed E-state index contributed by atoms with van der Waals surface area (Å²) in [6.45, 7) is 4.53. The van der Waals surface area contributed by atoms with Crippen molar-refractivity contribution in [2.75, 3.05) is 33.3 Å². The van der Waals surface area contributed by atoms with Crippen LogP contribution in [0.3, 0.4) is 0 Å². The van der Waals surface area contributed by atoms with Gasteiger partial charge in [0, 0.05) is 38.3 Å². The highest BCUT2D eigenvalue weighted by atomic mass is 35.5. The normalized spacial score (nSPS) is 15.8. The van der Waals surface area contributed by atoms with Crippen LogP contribution in [0.1, 0.15) is 11.5 Å². The van der Waals surface area contributed by atoms with Gasteiger partial charge in [-0.1, -0.05) is 29.8 Å². The Morgan fingerprint density at radius 3 is 2.45 bits per heavy atom. The molecule has 164 valence electrons. The Kier molecular flexibility index (Phi) is 6.34. The second kappa shape index (κ2) is 9.00. The van der Waals surface area contributed by atoms with E-state index in [-0.39, 0.29) is 9.92 Å². The van der Waals surface area contributed by atoms with Crippen LogP contribution in [0.4, 0.5) is 0 Å². The van der Waals surface area contributed by atoms with E-state index < -0.39 is 10.0 Å². The second-order valence-corrected chi connectivity index (χ2v) is 9.71. The minimum absolute atomic E-state index is 0.173. The third kappa shape index (κ3) is 4.62. The van der Waals surface area contributed by atoms with Crippen LogP contribution in [0, 0.1) is 6.92 Å². The molecule has 0 spiro atoms. The number of halogens is 1. The van der Waals surface area contributed by atoms with E-state index in [1.54, 1.807) is 6.07 Å². The fourth-order valence-corrected chi connectivity index (χ4v) is 5.35. The van der Waals surface area contributed by atoms with Gasteiger partial charge < -0.3 is 9.15 Å². The summed E-state index contributed by atoms with van der Waals surface area (Å²) in [6, 6.07) is 14.3. The molecule has 1 aliphatic heterocycles. The highest BCUT2D eigenvalue weighted by molar-refractivity contribution is 7.89. The highest BCUT2D eigenvalue weighted by Crippen LogP contribution is 2.29. The molecule has 0 atom stereocenters. The minimum atomic E-state index is -3.61. The summed E-state index contributed by atoms with van der Waals surface area (Å²) < 4.78 is 38.4. The van der Waals surface area contributed by atoms with Gasteiger partial charge >= 0.3 is 0 Å². The lowest BCUT2D eigenvalue weighted by Crippen LogP contribution is -2.48. The molecule has 1 fully saturated rings. The van der Waals surface area contributed by atoms with E-state index in [4.69, 9.17) is 20.8 Å². The average molecular weight is 462 g/mol. The number of benzene rings is 2. The fraction of sp³-hybridized carbons (Fsp3) is 0.318. The first-order valence-corrected chi connectivity index (χ1v) is 11.8. The van der Waals surface area contributed by atoms with Crippen LogP contribution in [0.25, 0.3) is 11.5 Å². The van der Waals surface area contributed by atoms with Gasteiger partial charge in [0.15, 0.2) is 0 Å². The van der Waals surface area contributed by atoms with Gasteiger partial charge in [0.25, 0.3) is 0 Å². The van der Waals surface area contributed by atoms with Crippen molar-refractivity contribution < 1.29 is 17.6 Å². The molecule has 0 amide bonds. The summed E-state index contributed by atoms with van der Waals surface area (Å²) in [4.78, 5) is 7.01. The van der Waals surface area contributed by atoms with E-state index in [2.05, 4.69) is 9.88 Å². The zero-order valence-electron chi connectivity index (χ0n) is 17.4. The largest absolute Gasteiger partial charge is 0.495 e. The maximum Gasteiger partial charge on any atom is 0.243 e. The van der Waals surface area contributed by atoms with Crippen LogP contribution in [0.2, 0.25) is 5.02 Å². The van der Waals surface area contributed by atoms with Crippen molar-refractivity contribution in [3.8, 4) is 17.2 Å². The molecule has 4 rings (SSSR count). The number of ether oxygens (including phenoxy) is 1. The van der Waals surface area contributed by atoms with Gasteiger partial charge in [-0.15, -0.1) is 0 Å². The minimum Gasteiger partial charge on any atom is -0.495 e. The van der Waals surface area contributed by atoms with E-state index in [0.29, 0.717) is 44.4 Å². The molecule has 2 aromatic carbocycles. The molecule has 0 aliphatic carbocycles. The first-order valence-electron chi connectivity index (χ1n) is 9.96. The molecule has 31 heavy (non-hydrogen) atoms. The van der Waals surface area contributed by atoms with Crippen LogP contribution < -0.4 is 4.74 Å². The third-order valence-electron chi connectivity index (χ3n) is 5.38. The molecule has 9 heteroatoms. The standard InChI is InChI=1S/C22H24ClN3O4S/c1-16-20(24-22(30-16)17-6-4-3-5-7-17)15-25-10-12-26(13-11-25)31(27,28)18-8-9-21(29-2)19(23)14-18/h3-9,14H,10-13,15H2,1-2H3. The lowest BCUT2D eigenvalue weighted by atomic mass is 10.2. The quantitative estimate of drug-likeness (QED) is 0.555. The number of rotatable bonds is 6. The predicted octanol–water partition coefficient (Wildman–Crippen LogP) is 3.82. The molecule has 0 N–H and O–H groups in total. The molecule has 1 saturated heterocycles. The number of oxazole rings is 1. The number of hydrogen-bond donors (Lipinski definition) is 0. The Morgan fingerprint density at radius 1 is 1.10 bits per heavy atom. The molecule has 2 heterocycles. The summed E-state index contributed by atoms with van der Waals surface area (Å²) in [7, 11) is -2.12. The molecule has 0 radical (unpaired) electrons. The van der Waals surface area contributed by atoms with Gasteiger partial charge in [0.2, 0.25) is 15.9 Å². The van der Waals surface area contributed by atoms with Crippen LogP contribution in [-0.4, -0.2) is 55.9 Å². The number of methoxy groups -OCH3 is 1. The Morgan fingerprint density at radius 2 is 1.81 bits per heavy atom. The molecular formula is C22H24ClN3O4S. The summed E-state index contributed by atoms with van der Waals surface area (Å²) in [5, 5.41) is 0.276.